The quantitative estimate of drug-likeness (QED) is 0.528. The predicted molar refractivity (Wildman–Crippen MR) is 119 cm³/mol. The Morgan fingerprint density at radius 3 is 2.39 bits per heavy atom. The van der Waals surface area contributed by atoms with Gasteiger partial charge in [0.1, 0.15) is 5.60 Å². The van der Waals surface area contributed by atoms with E-state index >= 15 is 0 Å². The number of ether oxygens (including phenoxy) is 2. The minimum atomic E-state index is -4.61. The molecule has 1 amide bonds. The first-order valence-electron chi connectivity index (χ1n) is 11.3. The van der Waals surface area contributed by atoms with Crippen LogP contribution in [0.5, 0.6) is 0 Å². The Bertz CT molecular complexity index is 849. The maximum absolute atomic E-state index is 14.0. The fourth-order valence-electron chi connectivity index (χ4n) is 4.02. The molecule has 186 valence electrons. The van der Waals surface area contributed by atoms with Crippen molar-refractivity contribution in [2.75, 3.05) is 26.7 Å². The van der Waals surface area contributed by atoms with Crippen molar-refractivity contribution in [1.82, 2.24) is 9.80 Å². The molecule has 0 spiro atoms. The highest BCUT2D eigenvalue weighted by atomic mass is 19.4. The smallest absolute Gasteiger partial charge is 0.416 e. The van der Waals surface area contributed by atoms with Crippen molar-refractivity contribution < 1.29 is 32.2 Å². The number of carbonyl (C=O) groups is 2. The zero-order valence-corrected chi connectivity index (χ0v) is 20.3. The molecule has 1 saturated heterocycles. The second-order valence-electron chi connectivity index (χ2n) is 9.36. The van der Waals surface area contributed by atoms with Gasteiger partial charge in [0.05, 0.1) is 17.7 Å². The molecule has 0 saturated carbocycles. The van der Waals surface area contributed by atoms with Crippen molar-refractivity contribution >= 4 is 12.1 Å². The summed E-state index contributed by atoms with van der Waals surface area (Å²) < 4.78 is 52.3. The second-order valence-corrected chi connectivity index (χ2v) is 9.36. The number of likely N-dealkylation sites (N-methyl/N-ethyl adjacent to an activating group) is 1. The van der Waals surface area contributed by atoms with Gasteiger partial charge in [-0.25, -0.2) is 9.59 Å². The van der Waals surface area contributed by atoms with Gasteiger partial charge in [-0.15, -0.1) is 0 Å². The van der Waals surface area contributed by atoms with Gasteiger partial charge in [0, 0.05) is 26.2 Å². The van der Waals surface area contributed by atoms with Crippen molar-refractivity contribution in [2.24, 2.45) is 0 Å². The molecule has 1 fully saturated rings. The second kappa shape index (κ2) is 10.8. The van der Waals surface area contributed by atoms with Crippen LogP contribution in [0, 0.1) is 0 Å². The van der Waals surface area contributed by atoms with Crippen LogP contribution in [0.3, 0.4) is 0 Å². The van der Waals surface area contributed by atoms with Crippen LogP contribution >= 0.6 is 0 Å². The monoisotopic (exact) mass is 472 g/mol. The van der Waals surface area contributed by atoms with Gasteiger partial charge in [-0.05, 0) is 76.8 Å². The van der Waals surface area contributed by atoms with Crippen molar-refractivity contribution in [3.05, 3.63) is 34.4 Å². The third-order valence-corrected chi connectivity index (χ3v) is 5.63. The molecule has 9 heteroatoms. The number of halogens is 3. The topological polar surface area (TPSA) is 59.1 Å². The highest BCUT2D eigenvalue weighted by Gasteiger charge is 2.37. The van der Waals surface area contributed by atoms with E-state index in [1.165, 1.54) is 11.0 Å². The van der Waals surface area contributed by atoms with E-state index in [2.05, 4.69) is 0 Å². The van der Waals surface area contributed by atoms with Gasteiger partial charge in [-0.2, -0.15) is 13.2 Å². The third kappa shape index (κ3) is 7.35. The number of rotatable bonds is 6. The summed E-state index contributed by atoms with van der Waals surface area (Å²) in [5.74, 6) is -0.763. The maximum Gasteiger partial charge on any atom is 0.416 e. The van der Waals surface area contributed by atoms with Crippen molar-refractivity contribution in [2.45, 2.75) is 78.2 Å². The highest BCUT2D eigenvalue weighted by molar-refractivity contribution is 5.90. The van der Waals surface area contributed by atoms with Crippen LogP contribution in [0.25, 0.3) is 0 Å². The van der Waals surface area contributed by atoms with Crippen molar-refractivity contribution in [3.8, 4) is 0 Å². The lowest BCUT2D eigenvalue weighted by atomic mass is 9.94. The van der Waals surface area contributed by atoms with E-state index in [1.807, 2.05) is 4.90 Å². The normalized spacial score (nSPS) is 17.5. The fraction of sp³-hybridized carbons (Fsp3) is 0.667. The summed E-state index contributed by atoms with van der Waals surface area (Å²) in [7, 11) is 1.66. The Kier molecular flexibility index (Phi) is 8.79. The summed E-state index contributed by atoms with van der Waals surface area (Å²) in [6.45, 7) is 9.98. The average Bonchev–Trinajstić information content (AvgIpc) is 2.71. The number of amides is 1. The molecule has 0 aliphatic carbocycles. The number of benzene rings is 1. The Hall–Kier alpha value is -2.29. The number of carbonyl (C=O) groups excluding carboxylic acids is 2. The number of esters is 1. The Morgan fingerprint density at radius 2 is 1.85 bits per heavy atom. The largest absolute Gasteiger partial charge is 0.462 e. The summed E-state index contributed by atoms with van der Waals surface area (Å²) in [4.78, 5) is 28.0. The molecule has 33 heavy (non-hydrogen) atoms. The molecule has 1 aromatic carbocycles. The van der Waals surface area contributed by atoms with Crippen LogP contribution < -0.4 is 0 Å². The number of alkyl halides is 3. The third-order valence-electron chi connectivity index (χ3n) is 5.63. The first-order valence-corrected chi connectivity index (χ1v) is 11.3. The molecule has 2 rings (SSSR count). The van der Waals surface area contributed by atoms with Gasteiger partial charge >= 0.3 is 18.2 Å². The molecular weight excluding hydrogens is 437 g/mol. The van der Waals surface area contributed by atoms with Crippen LogP contribution in [-0.4, -0.2) is 60.2 Å². The SMILES string of the molecule is CCOC(=O)c1cc(CC)c(CN2CCCC(N(C)C(=O)OC(C)(C)C)C2)c(C(F)(F)F)c1. The molecule has 1 aliphatic heterocycles. The number of likely N-dealkylation sites (tertiary alicyclic amines) is 1. The van der Waals surface area contributed by atoms with Gasteiger partial charge in [-0.3, -0.25) is 4.90 Å². The van der Waals surface area contributed by atoms with Crippen molar-refractivity contribution in [1.29, 1.82) is 0 Å². The molecule has 1 heterocycles. The van der Waals surface area contributed by atoms with Gasteiger partial charge in [0.2, 0.25) is 0 Å². The van der Waals surface area contributed by atoms with E-state index in [9.17, 15) is 22.8 Å². The van der Waals surface area contributed by atoms with E-state index in [1.54, 1.807) is 41.7 Å². The molecule has 1 atom stereocenters. The number of nitrogens with zero attached hydrogens (tertiary/aromatic N) is 2. The first-order chi connectivity index (χ1) is 15.3. The Labute approximate surface area is 194 Å². The Balaban J connectivity index is 2.29. The Morgan fingerprint density at radius 1 is 1.18 bits per heavy atom. The van der Waals surface area contributed by atoms with Crippen LogP contribution in [0.1, 0.15) is 74.5 Å². The molecule has 1 aliphatic rings. The van der Waals surface area contributed by atoms with E-state index in [0.717, 1.165) is 18.9 Å². The van der Waals surface area contributed by atoms with E-state index in [0.29, 0.717) is 25.1 Å². The summed E-state index contributed by atoms with van der Waals surface area (Å²) in [5.41, 5.74) is -0.898. The average molecular weight is 473 g/mol. The molecule has 1 unspecified atom stereocenters. The minimum Gasteiger partial charge on any atom is -0.462 e. The van der Waals surface area contributed by atoms with E-state index in [4.69, 9.17) is 9.47 Å². The molecule has 0 radical (unpaired) electrons. The summed E-state index contributed by atoms with van der Waals surface area (Å²) >= 11 is 0. The highest BCUT2D eigenvalue weighted by Crippen LogP contribution is 2.36. The lowest BCUT2D eigenvalue weighted by Crippen LogP contribution is -2.49. The lowest BCUT2D eigenvalue weighted by molar-refractivity contribution is -0.138. The van der Waals surface area contributed by atoms with Gasteiger partial charge in [0.15, 0.2) is 0 Å². The zero-order chi connectivity index (χ0) is 25.0. The molecule has 6 nitrogen and oxygen atoms in total. The number of aryl methyl sites for hydroxylation is 1. The first kappa shape index (κ1) is 27.0. The van der Waals surface area contributed by atoms with Gasteiger partial charge in [-0.1, -0.05) is 6.92 Å². The standard InChI is InChI=1S/C24H35F3N2O4/c1-7-16-12-17(21(30)32-8-2)13-20(24(25,26)27)19(16)15-29-11-9-10-18(14-29)28(6)22(31)33-23(3,4)5/h12-13,18H,7-11,14-15H2,1-6H3. The molecule has 0 N–H and O–H groups in total. The van der Waals surface area contributed by atoms with Crippen LogP contribution in [0.4, 0.5) is 18.0 Å². The van der Waals surface area contributed by atoms with E-state index < -0.39 is 29.4 Å². The number of piperidine rings is 1. The van der Waals surface area contributed by atoms with Crippen LogP contribution in [0.2, 0.25) is 0 Å². The maximum atomic E-state index is 14.0. The van der Waals surface area contributed by atoms with Crippen molar-refractivity contribution in [3.63, 3.8) is 0 Å². The fourth-order valence-corrected chi connectivity index (χ4v) is 4.02. The van der Waals surface area contributed by atoms with Crippen LogP contribution in [0.15, 0.2) is 12.1 Å². The summed E-state index contributed by atoms with van der Waals surface area (Å²) in [6, 6.07) is 2.23. The molecular formula is C24H35F3N2O4. The van der Waals surface area contributed by atoms with E-state index in [-0.39, 0.29) is 30.3 Å². The summed E-state index contributed by atoms with van der Waals surface area (Å²) in [5, 5.41) is 0. The van der Waals surface area contributed by atoms with Gasteiger partial charge < -0.3 is 14.4 Å². The van der Waals surface area contributed by atoms with Crippen LogP contribution in [-0.2, 0) is 28.6 Å². The van der Waals surface area contributed by atoms with Gasteiger partial charge in [0.25, 0.3) is 0 Å². The summed E-state index contributed by atoms with van der Waals surface area (Å²) in [6.07, 6.45) is -3.20. The molecule has 1 aromatic rings. The number of hydrogen-bond donors (Lipinski definition) is 0. The molecule has 0 aromatic heterocycles. The zero-order valence-electron chi connectivity index (χ0n) is 20.3. The molecule has 0 bridgehead atoms. The minimum absolute atomic E-state index is 0.0831. The predicted octanol–water partition coefficient (Wildman–Crippen LogP) is 5.28. The lowest BCUT2D eigenvalue weighted by Gasteiger charge is -2.38. The number of hydrogen-bond acceptors (Lipinski definition) is 5.